The zero-order chi connectivity index (χ0) is 27.8. The molecule has 0 unspecified atom stereocenters. The molecule has 0 bridgehead atoms. The molecule has 0 aliphatic carbocycles. The number of carbonyl (C=O) groups is 3. The van der Waals surface area contributed by atoms with Gasteiger partial charge in [-0.2, -0.15) is 11.8 Å². The Labute approximate surface area is 233 Å². The smallest absolute Gasteiger partial charge is 0.334 e. The van der Waals surface area contributed by atoms with Crippen molar-refractivity contribution in [3.8, 4) is 0 Å². The average molecular weight is 558 g/mol. The maximum absolute atomic E-state index is 13.6. The van der Waals surface area contributed by atoms with Crippen LogP contribution in [0.5, 0.6) is 0 Å². The number of fused-ring (bicyclic) bond motifs is 1. The van der Waals surface area contributed by atoms with Gasteiger partial charge in [-0.05, 0) is 41.7 Å². The van der Waals surface area contributed by atoms with E-state index in [1.165, 1.54) is 12.1 Å². The summed E-state index contributed by atoms with van der Waals surface area (Å²) in [4.78, 5) is 43.7. The highest BCUT2D eigenvalue weighted by Gasteiger charge is 2.50. The second-order valence-corrected chi connectivity index (χ2v) is 10.5. The van der Waals surface area contributed by atoms with Gasteiger partial charge in [-0.15, -0.1) is 0 Å². The van der Waals surface area contributed by atoms with Gasteiger partial charge in [0.1, 0.15) is 18.0 Å². The maximum Gasteiger partial charge on any atom is 0.334 e. The molecule has 210 valence electrons. The Morgan fingerprint density at radius 2 is 1.85 bits per heavy atom. The fraction of sp³-hybridized carbons (Fsp3) is 0.464. The van der Waals surface area contributed by atoms with Gasteiger partial charge in [0.15, 0.2) is 0 Å². The average Bonchev–Trinajstić information content (AvgIpc) is 2.95. The summed E-state index contributed by atoms with van der Waals surface area (Å²) < 4.78 is 19.0. The zero-order valence-corrected chi connectivity index (χ0v) is 23.2. The topological polar surface area (TPSA) is 85.4 Å². The third-order valence-electron chi connectivity index (χ3n) is 6.97. The molecule has 39 heavy (non-hydrogen) atoms. The summed E-state index contributed by atoms with van der Waals surface area (Å²) in [6, 6.07) is 14.8. The molecule has 2 atom stereocenters. The number of rotatable bonds is 11. The van der Waals surface area contributed by atoms with Crippen LogP contribution in [0.2, 0.25) is 0 Å². The number of carbonyl (C=O) groups excluding carboxylic acids is 3. The normalized spacial score (nSPS) is 19.8. The van der Waals surface area contributed by atoms with E-state index in [1.807, 2.05) is 43.5 Å². The Kier molecular flexibility index (Phi) is 10.2. The minimum Gasteiger partial charge on any atom is -0.375 e. The van der Waals surface area contributed by atoms with Crippen LogP contribution in [0.4, 0.5) is 9.18 Å². The lowest BCUT2D eigenvalue weighted by Gasteiger charge is -2.55. The number of hydrogen-bond donors (Lipinski definition) is 1. The molecular weight excluding hydrogens is 521 g/mol. The van der Waals surface area contributed by atoms with Crippen molar-refractivity contribution in [1.29, 1.82) is 0 Å². The molecule has 2 saturated heterocycles. The zero-order valence-electron chi connectivity index (χ0n) is 22.4. The number of ether oxygens (including phenoxy) is 1. The third-order valence-corrected chi connectivity index (χ3v) is 7.62. The lowest BCUT2D eigenvalue weighted by atomic mass is 10.0. The van der Waals surface area contributed by atoms with Crippen molar-refractivity contribution in [1.82, 2.24) is 25.1 Å². The van der Waals surface area contributed by atoms with Crippen LogP contribution in [0.3, 0.4) is 0 Å². The number of amides is 4. The number of benzene rings is 2. The Morgan fingerprint density at radius 3 is 2.54 bits per heavy atom. The lowest BCUT2D eigenvalue weighted by molar-refractivity contribution is -0.190. The fourth-order valence-corrected chi connectivity index (χ4v) is 5.43. The van der Waals surface area contributed by atoms with Crippen molar-refractivity contribution in [2.24, 2.45) is 0 Å². The van der Waals surface area contributed by atoms with E-state index in [1.54, 1.807) is 43.7 Å². The van der Waals surface area contributed by atoms with Gasteiger partial charge in [0.25, 0.3) is 0 Å². The molecule has 2 aliphatic heterocycles. The molecule has 2 aromatic rings. The summed E-state index contributed by atoms with van der Waals surface area (Å²) in [5.74, 6) is 0.118. The van der Waals surface area contributed by atoms with Crippen molar-refractivity contribution < 1.29 is 23.5 Å². The molecule has 2 aliphatic rings. The number of thioether (sulfide) groups is 1. The molecule has 9 nitrogen and oxygen atoms in total. The predicted octanol–water partition coefficient (Wildman–Crippen LogP) is 2.92. The third kappa shape index (κ3) is 7.09. The fourth-order valence-electron chi connectivity index (χ4n) is 4.97. The Morgan fingerprint density at radius 1 is 1.10 bits per heavy atom. The first-order chi connectivity index (χ1) is 18.9. The Bertz CT molecular complexity index is 1120. The molecule has 4 amide bonds. The van der Waals surface area contributed by atoms with Crippen LogP contribution in [0.15, 0.2) is 54.6 Å². The number of urea groups is 1. The largest absolute Gasteiger partial charge is 0.375 e. The predicted molar refractivity (Wildman–Crippen MR) is 148 cm³/mol. The number of hydrazine groups is 1. The first-order valence-corrected chi connectivity index (χ1v) is 14.6. The second-order valence-electron chi connectivity index (χ2n) is 9.51. The number of nitrogens with one attached hydrogen (secondary N) is 1. The van der Waals surface area contributed by atoms with E-state index in [9.17, 15) is 18.8 Å². The van der Waals surface area contributed by atoms with Crippen LogP contribution in [-0.4, -0.2) is 94.7 Å². The van der Waals surface area contributed by atoms with E-state index in [0.29, 0.717) is 38.4 Å². The summed E-state index contributed by atoms with van der Waals surface area (Å²) >= 11 is 1.61. The second kappa shape index (κ2) is 13.8. The van der Waals surface area contributed by atoms with Gasteiger partial charge in [-0.1, -0.05) is 49.4 Å². The van der Waals surface area contributed by atoms with Gasteiger partial charge in [-0.3, -0.25) is 9.59 Å². The molecule has 2 fully saturated rings. The molecule has 2 heterocycles. The van der Waals surface area contributed by atoms with Crippen LogP contribution in [-0.2, 0) is 27.5 Å². The SMILES string of the molecule is CCN1CC(=O)N2[C@@H](CCSC)C(=O)N(CCOCc3ccc(F)cc3)C[C@@H]2N1C(=O)NCc1ccccc1. The van der Waals surface area contributed by atoms with Gasteiger partial charge in [0.2, 0.25) is 11.8 Å². The summed E-state index contributed by atoms with van der Waals surface area (Å²) in [6.45, 7) is 3.84. The molecule has 0 aromatic heterocycles. The molecule has 0 spiro atoms. The van der Waals surface area contributed by atoms with E-state index < -0.39 is 12.2 Å². The van der Waals surface area contributed by atoms with Crippen molar-refractivity contribution in [3.05, 3.63) is 71.5 Å². The Hall–Kier alpha value is -3.15. The highest BCUT2D eigenvalue weighted by atomic mass is 32.2. The van der Waals surface area contributed by atoms with Crippen LogP contribution < -0.4 is 5.32 Å². The van der Waals surface area contributed by atoms with Crippen LogP contribution in [0.1, 0.15) is 24.5 Å². The van der Waals surface area contributed by atoms with Gasteiger partial charge in [0.05, 0.1) is 26.3 Å². The molecular formula is C28H36FN5O4S. The number of piperazine rings is 1. The molecule has 4 rings (SSSR count). The van der Waals surface area contributed by atoms with Gasteiger partial charge in [0, 0.05) is 19.6 Å². The molecule has 2 aromatic carbocycles. The summed E-state index contributed by atoms with van der Waals surface area (Å²) in [7, 11) is 0. The van der Waals surface area contributed by atoms with E-state index >= 15 is 0 Å². The lowest BCUT2D eigenvalue weighted by Crippen LogP contribution is -2.76. The van der Waals surface area contributed by atoms with Gasteiger partial charge < -0.3 is 19.9 Å². The summed E-state index contributed by atoms with van der Waals surface area (Å²) in [5.41, 5.74) is 1.80. The van der Waals surface area contributed by atoms with Gasteiger partial charge in [-0.25, -0.2) is 19.2 Å². The van der Waals surface area contributed by atoms with Gasteiger partial charge >= 0.3 is 6.03 Å². The number of likely N-dealkylation sites (N-methyl/N-ethyl adjacent to an activating group) is 1. The van der Waals surface area contributed by atoms with Crippen LogP contribution in [0.25, 0.3) is 0 Å². The minimum absolute atomic E-state index is 0.0373. The van der Waals surface area contributed by atoms with E-state index in [4.69, 9.17) is 4.74 Å². The van der Waals surface area contributed by atoms with Crippen molar-refractivity contribution >= 4 is 29.6 Å². The van der Waals surface area contributed by atoms with Crippen LogP contribution in [0, 0.1) is 5.82 Å². The first kappa shape index (κ1) is 28.8. The van der Waals surface area contributed by atoms with E-state index in [-0.39, 0.29) is 43.4 Å². The monoisotopic (exact) mass is 557 g/mol. The van der Waals surface area contributed by atoms with E-state index in [0.717, 1.165) is 11.1 Å². The first-order valence-electron chi connectivity index (χ1n) is 13.2. The quantitative estimate of drug-likeness (QED) is 0.428. The number of nitrogens with zero attached hydrogens (tertiary/aromatic N) is 4. The van der Waals surface area contributed by atoms with E-state index in [2.05, 4.69) is 5.32 Å². The Balaban J connectivity index is 1.49. The summed E-state index contributed by atoms with van der Waals surface area (Å²) in [6.07, 6.45) is 1.84. The van der Waals surface area contributed by atoms with Crippen molar-refractivity contribution in [2.45, 2.75) is 38.7 Å². The number of hydrogen-bond acceptors (Lipinski definition) is 6. The highest BCUT2D eigenvalue weighted by molar-refractivity contribution is 7.98. The molecule has 0 saturated carbocycles. The molecule has 1 N–H and O–H groups in total. The summed E-state index contributed by atoms with van der Waals surface area (Å²) in [5, 5.41) is 6.34. The van der Waals surface area contributed by atoms with Crippen molar-refractivity contribution in [3.63, 3.8) is 0 Å². The van der Waals surface area contributed by atoms with Crippen LogP contribution >= 0.6 is 11.8 Å². The molecule has 11 heteroatoms. The standard InChI is InChI=1S/C28H36FN5O4S/c1-3-32-19-26(35)33-24(13-16-39-2)27(36)31(14-15-38-20-22-9-11-23(29)12-10-22)18-25(33)34(32)28(37)30-17-21-7-5-4-6-8-21/h4-12,24-25H,3,13-20H2,1-2H3,(H,30,37)/t24-,25-/m0/s1. The maximum atomic E-state index is 13.6. The minimum atomic E-state index is -0.649. The van der Waals surface area contributed by atoms with Crippen molar-refractivity contribution in [2.75, 3.05) is 44.8 Å². The highest BCUT2D eigenvalue weighted by Crippen LogP contribution is 2.28. The molecule has 0 radical (unpaired) electrons. The number of halogens is 1.